The second-order valence-corrected chi connectivity index (χ2v) is 4.61. The Morgan fingerprint density at radius 1 is 1.14 bits per heavy atom. The minimum Gasteiger partial charge on any atom is -0.497 e. The summed E-state index contributed by atoms with van der Waals surface area (Å²) in [5.74, 6) is 0.775. The predicted molar refractivity (Wildman–Crippen MR) is 87.8 cm³/mol. The lowest BCUT2D eigenvalue weighted by Gasteiger charge is -2.08. The van der Waals surface area contributed by atoms with Gasteiger partial charge in [-0.15, -0.1) is 0 Å². The van der Waals surface area contributed by atoms with Gasteiger partial charge in [0.05, 0.1) is 24.7 Å². The van der Waals surface area contributed by atoms with Gasteiger partial charge in [-0.1, -0.05) is 18.2 Å². The van der Waals surface area contributed by atoms with E-state index in [1.807, 2.05) is 60.8 Å². The van der Waals surface area contributed by atoms with Gasteiger partial charge in [0.1, 0.15) is 5.75 Å². The smallest absolute Gasteiger partial charge is 0.119 e. The highest BCUT2D eigenvalue weighted by Crippen LogP contribution is 2.19. The van der Waals surface area contributed by atoms with Crippen molar-refractivity contribution in [2.24, 2.45) is 5.10 Å². The fourth-order valence-electron chi connectivity index (χ4n) is 2.07. The molecule has 3 aromatic rings. The van der Waals surface area contributed by atoms with Crippen LogP contribution in [-0.4, -0.2) is 23.1 Å². The SMILES string of the molecule is COc1ccc(-n2cccn2)c(C=NNc2ccccc2)c1. The van der Waals surface area contributed by atoms with E-state index in [0.717, 1.165) is 22.7 Å². The molecule has 3 rings (SSSR count). The van der Waals surface area contributed by atoms with Crippen molar-refractivity contribution in [1.82, 2.24) is 9.78 Å². The topological polar surface area (TPSA) is 51.4 Å². The van der Waals surface area contributed by atoms with E-state index in [9.17, 15) is 0 Å². The third-order valence-electron chi connectivity index (χ3n) is 3.16. The van der Waals surface area contributed by atoms with Crippen molar-refractivity contribution in [3.05, 3.63) is 72.6 Å². The molecular weight excluding hydrogens is 276 g/mol. The van der Waals surface area contributed by atoms with Gasteiger partial charge in [0, 0.05) is 18.0 Å². The Morgan fingerprint density at radius 2 is 2.00 bits per heavy atom. The van der Waals surface area contributed by atoms with Crippen LogP contribution in [0, 0.1) is 0 Å². The molecule has 110 valence electrons. The van der Waals surface area contributed by atoms with Gasteiger partial charge in [0.15, 0.2) is 0 Å². The van der Waals surface area contributed by atoms with Crippen LogP contribution < -0.4 is 10.2 Å². The maximum Gasteiger partial charge on any atom is 0.119 e. The summed E-state index contributed by atoms with van der Waals surface area (Å²) in [6, 6.07) is 17.5. The molecular formula is C17H16N4O. The number of aromatic nitrogens is 2. The Bertz CT molecular complexity index is 752. The highest BCUT2D eigenvalue weighted by atomic mass is 16.5. The van der Waals surface area contributed by atoms with Crippen LogP contribution in [0.1, 0.15) is 5.56 Å². The third kappa shape index (κ3) is 3.15. The minimum atomic E-state index is 0.775. The summed E-state index contributed by atoms with van der Waals surface area (Å²) < 4.78 is 7.08. The summed E-state index contributed by atoms with van der Waals surface area (Å²) in [6.07, 6.45) is 5.39. The monoisotopic (exact) mass is 292 g/mol. The molecule has 0 radical (unpaired) electrons. The zero-order valence-electron chi connectivity index (χ0n) is 12.2. The summed E-state index contributed by atoms with van der Waals surface area (Å²) in [7, 11) is 1.64. The number of methoxy groups -OCH3 is 1. The lowest BCUT2D eigenvalue weighted by Crippen LogP contribution is -2.01. The van der Waals surface area contributed by atoms with Gasteiger partial charge in [-0.3, -0.25) is 5.43 Å². The fourth-order valence-corrected chi connectivity index (χ4v) is 2.07. The number of benzene rings is 2. The van der Waals surface area contributed by atoms with Crippen LogP contribution in [0.2, 0.25) is 0 Å². The van der Waals surface area contributed by atoms with Crippen molar-refractivity contribution in [3.63, 3.8) is 0 Å². The Balaban J connectivity index is 1.87. The van der Waals surface area contributed by atoms with Crippen molar-refractivity contribution < 1.29 is 4.74 Å². The molecule has 0 unspecified atom stereocenters. The molecule has 1 N–H and O–H groups in total. The number of anilines is 1. The van der Waals surface area contributed by atoms with E-state index in [1.54, 1.807) is 24.2 Å². The zero-order chi connectivity index (χ0) is 15.2. The first-order chi connectivity index (χ1) is 10.9. The fraction of sp³-hybridized carbons (Fsp3) is 0.0588. The molecule has 0 amide bonds. The molecule has 0 fully saturated rings. The number of ether oxygens (including phenoxy) is 1. The van der Waals surface area contributed by atoms with E-state index in [4.69, 9.17) is 4.74 Å². The van der Waals surface area contributed by atoms with E-state index >= 15 is 0 Å². The summed E-state index contributed by atoms with van der Waals surface area (Å²) in [6.45, 7) is 0. The number of hydrogen-bond acceptors (Lipinski definition) is 4. The average molecular weight is 292 g/mol. The molecule has 0 aliphatic heterocycles. The van der Waals surface area contributed by atoms with Crippen molar-refractivity contribution in [1.29, 1.82) is 0 Å². The summed E-state index contributed by atoms with van der Waals surface area (Å²) in [5, 5.41) is 8.55. The first kappa shape index (κ1) is 13.9. The Hall–Kier alpha value is -3.08. The lowest BCUT2D eigenvalue weighted by molar-refractivity contribution is 0.414. The second kappa shape index (κ2) is 6.58. The van der Waals surface area contributed by atoms with E-state index in [1.165, 1.54) is 0 Å². The van der Waals surface area contributed by atoms with Crippen LogP contribution in [0.15, 0.2) is 72.1 Å². The number of para-hydroxylation sites is 1. The summed E-state index contributed by atoms with van der Waals surface area (Å²) in [5.41, 5.74) is 5.78. The molecule has 0 spiro atoms. The van der Waals surface area contributed by atoms with Gasteiger partial charge in [0.2, 0.25) is 0 Å². The Morgan fingerprint density at radius 3 is 2.73 bits per heavy atom. The van der Waals surface area contributed by atoms with Crippen molar-refractivity contribution in [2.45, 2.75) is 0 Å². The zero-order valence-corrected chi connectivity index (χ0v) is 12.2. The number of rotatable bonds is 5. The first-order valence-corrected chi connectivity index (χ1v) is 6.89. The molecule has 1 heterocycles. The molecule has 0 saturated heterocycles. The highest BCUT2D eigenvalue weighted by Gasteiger charge is 2.05. The van der Waals surface area contributed by atoms with Crippen LogP contribution in [0.5, 0.6) is 5.75 Å². The van der Waals surface area contributed by atoms with Gasteiger partial charge in [-0.05, 0) is 36.4 Å². The molecule has 0 bridgehead atoms. The Kier molecular flexibility index (Phi) is 4.15. The van der Waals surface area contributed by atoms with E-state index in [2.05, 4.69) is 15.6 Å². The standard InChI is InChI=1S/C17H16N4O/c1-22-16-8-9-17(21-11-5-10-19-21)14(12-16)13-18-20-15-6-3-2-4-7-15/h2-13,20H,1H3. The average Bonchev–Trinajstić information content (AvgIpc) is 3.10. The van der Waals surface area contributed by atoms with E-state index in [0.29, 0.717) is 0 Å². The normalized spacial score (nSPS) is 10.8. The largest absolute Gasteiger partial charge is 0.497 e. The molecule has 5 nitrogen and oxygen atoms in total. The van der Waals surface area contributed by atoms with Crippen molar-refractivity contribution in [2.75, 3.05) is 12.5 Å². The molecule has 22 heavy (non-hydrogen) atoms. The van der Waals surface area contributed by atoms with Crippen LogP contribution in [0.25, 0.3) is 5.69 Å². The first-order valence-electron chi connectivity index (χ1n) is 6.89. The van der Waals surface area contributed by atoms with Crippen LogP contribution >= 0.6 is 0 Å². The van der Waals surface area contributed by atoms with Crippen LogP contribution in [0.3, 0.4) is 0 Å². The minimum absolute atomic E-state index is 0.775. The highest BCUT2D eigenvalue weighted by molar-refractivity contribution is 5.86. The van der Waals surface area contributed by atoms with Crippen LogP contribution in [-0.2, 0) is 0 Å². The molecule has 0 aliphatic rings. The van der Waals surface area contributed by atoms with Gasteiger partial charge in [-0.25, -0.2) is 4.68 Å². The van der Waals surface area contributed by atoms with Crippen LogP contribution in [0.4, 0.5) is 5.69 Å². The maximum absolute atomic E-state index is 5.28. The quantitative estimate of drug-likeness (QED) is 0.579. The molecule has 1 aromatic heterocycles. The molecule has 2 aromatic carbocycles. The molecule has 0 aliphatic carbocycles. The molecule has 5 heteroatoms. The van der Waals surface area contributed by atoms with Gasteiger partial charge >= 0.3 is 0 Å². The number of hydrazone groups is 1. The van der Waals surface area contributed by atoms with Crippen molar-refractivity contribution >= 4 is 11.9 Å². The number of hydrogen-bond donors (Lipinski definition) is 1. The summed E-state index contributed by atoms with van der Waals surface area (Å²) >= 11 is 0. The third-order valence-corrected chi connectivity index (χ3v) is 3.16. The van der Waals surface area contributed by atoms with E-state index < -0.39 is 0 Å². The maximum atomic E-state index is 5.28. The molecule has 0 saturated carbocycles. The van der Waals surface area contributed by atoms with Crippen molar-refractivity contribution in [3.8, 4) is 11.4 Å². The lowest BCUT2D eigenvalue weighted by atomic mass is 10.2. The Labute approximate surface area is 128 Å². The van der Waals surface area contributed by atoms with Gasteiger partial charge < -0.3 is 4.74 Å². The van der Waals surface area contributed by atoms with E-state index in [-0.39, 0.29) is 0 Å². The number of nitrogens with zero attached hydrogens (tertiary/aromatic N) is 3. The van der Waals surface area contributed by atoms with Gasteiger partial charge in [0.25, 0.3) is 0 Å². The number of nitrogens with one attached hydrogen (secondary N) is 1. The molecule has 0 atom stereocenters. The summed E-state index contributed by atoms with van der Waals surface area (Å²) in [4.78, 5) is 0. The van der Waals surface area contributed by atoms with Gasteiger partial charge in [-0.2, -0.15) is 10.2 Å². The second-order valence-electron chi connectivity index (χ2n) is 4.61. The predicted octanol–water partition coefficient (Wildman–Crippen LogP) is 3.33.